The maximum absolute atomic E-state index is 11.9. The second-order valence-electron chi connectivity index (χ2n) is 6.30. The Morgan fingerprint density at radius 1 is 1.16 bits per heavy atom. The molecule has 2 rings (SSSR count). The third-order valence-electron chi connectivity index (χ3n) is 4.23. The van der Waals surface area contributed by atoms with Gasteiger partial charge in [0.15, 0.2) is 0 Å². The average Bonchev–Trinajstić information content (AvgIpc) is 2.81. The standard InChI is InChI=1S/C19H27ClN2O2S/c20-16-8-10-17(11-9-16)25-15-4-6-18(23)21-12-5-14-22-13-3-1-2-7-19(22)24/h8-11H,1-7,12-15H2,(H,21,23). The molecule has 1 aromatic rings. The molecule has 0 spiro atoms. The minimum absolute atomic E-state index is 0.0962. The van der Waals surface area contributed by atoms with E-state index in [1.54, 1.807) is 11.8 Å². The van der Waals surface area contributed by atoms with Crippen LogP contribution in [-0.4, -0.2) is 42.1 Å². The molecule has 1 N–H and O–H groups in total. The van der Waals surface area contributed by atoms with Gasteiger partial charge in [0.05, 0.1) is 0 Å². The number of thioether (sulfide) groups is 1. The minimum Gasteiger partial charge on any atom is -0.356 e. The highest BCUT2D eigenvalue weighted by atomic mass is 35.5. The van der Waals surface area contributed by atoms with E-state index >= 15 is 0 Å². The van der Waals surface area contributed by atoms with Gasteiger partial charge < -0.3 is 10.2 Å². The summed E-state index contributed by atoms with van der Waals surface area (Å²) in [4.78, 5) is 26.9. The summed E-state index contributed by atoms with van der Waals surface area (Å²) < 4.78 is 0. The summed E-state index contributed by atoms with van der Waals surface area (Å²) in [5.74, 6) is 1.28. The number of hydrogen-bond acceptors (Lipinski definition) is 3. The molecule has 1 saturated heterocycles. The maximum atomic E-state index is 11.9. The van der Waals surface area contributed by atoms with Crippen molar-refractivity contribution < 1.29 is 9.59 Å². The van der Waals surface area contributed by atoms with Crippen molar-refractivity contribution in [3.63, 3.8) is 0 Å². The van der Waals surface area contributed by atoms with Gasteiger partial charge in [-0.05, 0) is 55.7 Å². The summed E-state index contributed by atoms with van der Waals surface area (Å²) in [5.41, 5.74) is 0. The van der Waals surface area contributed by atoms with Crippen LogP contribution < -0.4 is 5.32 Å². The number of halogens is 1. The number of hydrogen-bond donors (Lipinski definition) is 1. The van der Waals surface area contributed by atoms with Crippen molar-refractivity contribution in [2.24, 2.45) is 0 Å². The van der Waals surface area contributed by atoms with E-state index in [0.29, 0.717) is 19.4 Å². The molecule has 1 fully saturated rings. The number of likely N-dealkylation sites (tertiary alicyclic amines) is 1. The van der Waals surface area contributed by atoms with Crippen LogP contribution in [0, 0.1) is 0 Å². The number of benzene rings is 1. The van der Waals surface area contributed by atoms with E-state index in [1.807, 2.05) is 29.2 Å². The van der Waals surface area contributed by atoms with Crippen molar-refractivity contribution in [3.8, 4) is 0 Å². The normalized spacial score (nSPS) is 15.1. The van der Waals surface area contributed by atoms with Gasteiger partial charge in [-0.1, -0.05) is 18.0 Å². The monoisotopic (exact) mass is 382 g/mol. The van der Waals surface area contributed by atoms with E-state index in [4.69, 9.17) is 11.6 Å². The van der Waals surface area contributed by atoms with Gasteiger partial charge >= 0.3 is 0 Å². The number of nitrogens with zero attached hydrogens (tertiary/aromatic N) is 1. The SMILES string of the molecule is O=C(CCCSc1ccc(Cl)cc1)NCCCN1CCCCCC1=O. The molecule has 0 saturated carbocycles. The van der Waals surface area contributed by atoms with E-state index in [9.17, 15) is 9.59 Å². The van der Waals surface area contributed by atoms with E-state index in [1.165, 1.54) is 4.90 Å². The van der Waals surface area contributed by atoms with Gasteiger partial charge in [0, 0.05) is 42.4 Å². The summed E-state index contributed by atoms with van der Waals surface area (Å²) in [7, 11) is 0. The van der Waals surface area contributed by atoms with Crippen molar-refractivity contribution in [3.05, 3.63) is 29.3 Å². The van der Waals surface area contributed by atoms with Crippen LogP contribution in [0.5, 0.6) is 0 Å². The Kier molecular flexibility index (Phi) is 9.19. The van der Waals surface area contributed by atoms with Crippen LogP contribution >= 0.6 is 23.4 Å². The topological polar surface area (TPSA) is 49.4 Å². The number of rotatable bonds is 9. The van der Waals surface area contributed by atoms with Crippen LogP contribution in [0.3, 0.4) is 0 Å². The molecular weight excluding hydrogens is 356 g/mol. The third kappa shape index (κ3) is 8.15. The molecule has 0 unspecified atom stereocenters. The molecule has 0 aromatic heterocycles. The number of nitrogens with one attached hydrogen (secondary N) is 1. The van der Waals surface area contributed by atoms with Gasteiger partial charge in [-0.15, -0.1) is 11.8 Å². The fraction of sp³-hybridized carbons (Fsp3) is 0.579. The van der Waals surface area contributed by atoms with Gasteiger partial charge in [0.25, 0.3) is 0 Å². The predicted octanol–water partition coefficient (Wildman–Crippen LogP) is 4.12. The summed E-state index contributed by atoms with van der Waals surface area (Å²) in [6, 6.07) is 7.76. The van der Waals surface area contributed by atoms with E-state index in [0.717, 1.165) is 56.0 Å². The quantitative estimate of drug-likeness (QED) is 0.516. The van der Waals surface area contributed by atoms with Gasteiger partial charge in [0.1, 0.15) is 0 Å². The average molecular weight is 383 g/mol. The molecule has 0 bridgehead atoms. The fourth-order valence-electron chi connectivity index (χ4n) is 2.81. The Hall–Kier alpha value is -1.20. The molecular formula is C19H27ClN2O2S. The summed E-state index contributed by atoms with van der Waals surface area (Å²) in [6.07, 6.45) is 6.16. The molecule has 1 aromatic carbocycles. The lowest BCUT2D eigenvalue weighted by Crippen LogP contribution is -2.33. The highest BCUT2D eigenvalue weighted by molar-refractivity contribution is 7.99. The Morgan fingerprint density at radius 2 is 1.96 bits per heavy atom. The Bertz CT molecular complexity index is 551. The van der Waals surface area contributed by atoms with E-state index < -0.39 is 0 Å². The third-order valence-corrected chi connectivity index (χ3v) is 5.58. The van der Waals surface area contributed by atoms with Crippen LogP contribution in [0.1, 0.15) is 44.9 Å². The minimum atomic E-state index is 0.0962. The molecule has 1 aliphatic heterocycles. The van der Waals surface area contributed by atoms with Crippen LogP contribution in [-0.2, 0) is 9.59 Å². The number of amides is 2. The lowest BCUT2D eigenvalue weighted by atomic mass is 10.2. The van der Waals surface area contributed by atoms with Crippen molar-refractivity contribution in [1.29, 1.82) is 0 Å². The molecule has 0 aliphatic carbocycles. The number of carbonyl (C=O) groups is 2. The zero-order chi connectivity index (χ0) is 17.9. The zero-order valence-electron chi connectivity index (χ0n) is 14.6. The van der Waals surface area contributed by atoms with Gasteiger partial charge in [0.2, 0.25) is 11.8 Å². The summed E-state index contributed by atoms with van der Waals surface area (Å²) in [5, 5.41) is 3.70. The lowest BCUT2D eigenvalue weighted by molar-refractivity contribution is -0.130. The molecule has 4 nitrogen and oxygen atoms in total. The maximum Gasteiger partial charge on any atom is 0.222 e. The molecule has 0 atom stereocenters. The molecule has 6 heteroatoms. The van der Waals surface area contributed by atoms with Crippen molar-refractivity contribution in [2.75, 3.05) is 25.4 Å². The van der Waals surface area contributed by atoms with Crippen molar-refractivity contribution in [1.82, 2.24) is 10.2 Å². The highest BCUT2D eigenvalue weighted by Gasteiger charge is 2.15. The first kappa shape index (κ1) is 20.1. The summed E-state index contributed by atoms with van der Waals surface area (Å²) in [6.45, 7) is 2.27. The van der Waals surface area contributed by atoms with Gasteiger partial charge in [-0.2, -0.15) is 0 Å². The first-order valence-corrected chi connectivity index (χ1v) is 10.4. The fourth-order valence-corrected chi connectivity index (χ4v) is 3.79. The second kappa shape index (κ2) is 11.4. The molecule has 1 aliphatic rings. The lowest BCUT2D eigenvalue weighted by Gasteiger charge is -2.20. The first-order valence-electron chi connectivity index (χ1n) is 9.08. The molecule has 0 radical (unpaired) electrons. The predicted molar refractivity (Wildman–Crippen MR) is 104 cm³/mol. The molecule has 138 valence electrons. The van der Waals surface area contributed by atoms with Crippen LogP contribution in [0.2, 0.25) is 5.02 Å². The Labute approximate surface area is 159 Å². The highest BCUT2D eigenvalue weighted by Crippen LogP contribution is 2.21. The van der Waals surface area contributed by atoms with Gasteiger partial charge in [-0.3, -0.25) is 9.59 Å². The molecule has 25 heavy (non-hydrogen) atoms. The van der Waals surface area contributed by atoms with E-state index in [2.05, 4.69) is 5.32 Å². The van der Waals surface area contributed by atoms with Crippen LogP contribution in [0.15, 0.2) is 29.2 Å². The van der Waals surface area contributed by atoms with Crippen LogP contribution in [0.4, 0.5) is 0 Å². The molecule has 2 amide bonds. The van der Waals surface area contributed by atoms with Crippen molar-refractivity contribution in [2.45, 2.75) is 49.8 Å². The zero-order valence-corrected chi connectivity index (χ0v) is 16.2. The summed E-state index contributed by atoms with van der Waals surface area (Å²) >= 11 is 7.59. The molecule has 1 heterocycles. The Balaban J connectivity index is 1.50. The first-order chi connectivity index (χ1) is 12.1. The smallest absolute Gasteiger partial charge is 0.222 e. The van der Waals surface area contributed by atoms with Crippen LogP contribution in [0.25, 0.3) is 0 Å². The second-order valence-corrected chi connectivity index (χ2v) is 7.91. The number of carbonyl (C=O) groups excluding carboxylic acids is 2. The van der Waals surface area contributed by atoms with E-state index in [-0.39, 0.29) is 11.8 Å². The Morgan fingerprint density at radius 3 is 2.76 bits per heavy atom. The largest absolute Gasteiger partial charge is 0.356 e. The van der Waals surface area contributed by atoms with Crippen molar-refractivity contribution >= 4 is 35.2 Å². The van der Waals surface area contributed by atoms with Gasteiger partial charge in [-0.25, -0.2) is 0 Å².